The Balaban J connectivity index is 0.000000921. The van der Waals surface area contributed by atoms with Gasteiger partial charge in [0, 0.05) is 134 Å². The SMILES string of the molecule is CC.CCCC.CN1CCN(c2ccc3c4c(cccc24)C(=O)N(CCNCCCNCCN2C(=O)c4cccc5c(N6CCN(C)CC6)ccc(c45)C2=O)C3=O)CC1. The first-order valence-electron chi connectivity index (χ1n) is 21.9. The first kappa shape index (κ1) is 43.7. The smallest absolute Gasteiger partial charge is 0.261 e. The summed E-state index contributed by atoms with van der Waals surface area (Å²) in [5.41, 5.74) is 4.49. The van der Waals surface area contributed by atoms with Crippen molar-refractivity contribution in [3.63, 3.8) is 0 Å². The predicted molar refractivity (Wildman–Crippen MR) is 240 cm³/mol. The van der Waals surface area contributed by atoms with Crippen molar-refractivity contribution in [2.45, 2.75) is 47.0 Å². The average molecular weight is 805 g/mol. The van der Waals surface area contributed by atoms with Gasteiger partial charge in [0.15, 0.2) is 0 Å². The van der Waals surface area contributed by atoms with Crippen LogP contribution in [0.15, 0.2) is 60.7 Å². The summed E-state index contributed by atoms with van der Waals surface area (Å²) < 4.78 is 0. The highest BCUT2D eigenvalue weighted by atomic mass is 16.2. The molecule has 0 aromatic heterocycles. The summed E-state index contributed by atoms with van der Waals surface area (Å²) in [6, 6.07) is 19.4. The molecule has 0 radical (unpaired) electrons. The van der Waals surface area contributed by atoms with Crippen LogP contribution >= 0.6 is 0 Å². The highest BCUT2D eigenvalue weighted by molar-refractivity contribution is 6.28. The van der Waals surface area contributed by atoms with Gasteiger partial charge in [-0.05, 0) is 70.0 Å². The second-order valence-corrected chi connectivity index (χ2v) is 15.7. The monoisotopic (exact) mass is 805 g/mol. The van der Waals surface area contributed by atoms with E-state index in [2.05, 4.69) is 58.2 Å². The van der Waals surface area contributed by atoms with E-state index < -0.39 is 0 Å². The van der Waals surface area contributed by atoms with Gasteiger partial charge in [0.25, 0.3) is 23.6 Å². The van der Waals surface area contributed by atoms with Gasteiger partial charge in [-0.15, -0.1) is 0 Å². The second-order valence-electron chi connectivity index (χ2n) is 15.7. The molecule has 59 heavy (non-hydrogen) atoms. The molecule has 0 unspecified atom stereocenters. The highest BCUT2D eigenvalue weighted by Gasteiger charge is 2.35. The van der Waals surface area contributed by atoms with Gasteiger partial charge >= 0.3 is 0 Å². The first-order chi connectivity index (χ1) is 28.7. The molecule has 0 saturated carbocycles. The summed E-state index contributed by atoms with van der Waals surface area (Å²) in [6.45, 7) is 18.8. The topological polar surface area (TPSA) is 112 Å². The van der Waals surface area contributed by atoms with Crippen LogP contribution in [0.4, 0.5) is 11.4 Å². The van der Waals surface area contributed by atoms with E-state index in [-0.39, 0.29) is 36.7 Å². The summed E-state index contributed by atoms with van der Waals surface area (Å²) >= 11 is 0. The van der Waals surface area contributed by atoms with E-state index in [0.29, 0.717) is 48.4 Å². The van der Waals surface area contributed by atoms with E-state index in [4.69, 9.17) is 0 Å². The molecule has 8 rings (SSSR count). The Morgan fingerprint density at radius 3 is 1.19 bits per heavy atom. The number of rotatable bonds is 13. The van der Waals surface area contributed by atoms with Crippen molar-refractivity contribution in [3.05, 3.63) is 82.9 Å². The predicted octanol–water partition coefficient (Wildman–Crippen LogP) is 5.79. The van der Waals surface area contributed by atoms with Crippen molar-refractivity contribution in [2.24, 2.45) is 0 Å². The van der Waals surface area contributed by atoms with Crippen molar-refractivity contribution < 1.29 is 19.2 Å². The van der Waals surface area contributed by atoms with Crippen LogP contribution < -0.4 is 20.4 Å². The normalized spacial score (nSPS) is 17.1. The number of imide groups is 2. The zero-order chi connectivity index (χ0) is 42.1. The Kier molecular flexibility index (Phi) is 15.1. The maximum absolute atomic E-state index is 13.6. The molecule has 2 N–H and O–H groups in total. The highest BCUT2D eigenvalue weighted by Crippen LogP contribution is 2.38. The Morgan fingerprint density at radius 1 is 0.475 bits per heavy atom. The van der Waals surface area contributed by atoms with Crippen LogP contribution in [0.1, 0.15) is 88.4 Å². The minimum atomic E-state index is -0.247. The minimum absolute atomic E-state index is 0.247. The van der Waals surface area contributed by atoms with Gasteiger partial charge in [0.1, 0.15) is 0 Å². The Hall–Kier alpha value is -4.88. The number of piperazine rings is 2. The van der Waals surface area contributed by atoms with E-state index in [1.165, 1.54) is 22.6 Å². The zero-order valence-electron chi connectivity index (χ0n) is 36.1. The number of carbonyl (C=O) groups excluding carboxylic acids is 4. The summed E-state index contributed by atoms with van der Waals surface area (Å²) in [5, 5.41) is 10.2. The summed E-state index contributed by atoms with van der Waals surface area (Å²) in [6.07, 6.45) is 3.44. The summed E-state index contributed by atoms with van der Waals surface area (Å²) in [5.74, 6) is -0.988. The largest absolute Gasteiger partial charge is 0.368 e. The number of likely N-dealkylation sites (N-methyl/N-ethyl adjacent to an activating group) is 2. The maximum atomic E-state index is 13.6. The molecular weight excluding hydrogens is 741 g/mol. The van der Waals surface area contributed by atoms with Gasteiger partial charge < -0.3 is 30.2 Å². The van der Waals surface area contributed by atoms with Crippen LogP contribution in [0.2, 0.25) is 0 Å². The van der Waals surface area contributed by atoms with E-state index in [1.807, 2.05) is 74.5 Å². The second kappa shape index (κ2) is 20.4. The zero-order valence-corrected chi connectivity index (χ0v) is 36.1. The number of amides is 4. The number of hydrogen-bond donors (Lipinski definition) is 2. The molecule has 316 valence electrons. The fourth-order valence-electron chi connectivity index (χ4n) is 8.28. The quantitative estimate of drug-likeness (QED) is 0.127. The number of nitrogens with zero attached hydrogens (tertiary/aromatic N) is 6. The van der Waals surface area contributed by atoms with Gasteiger partial charge in [-0.3, -0.25) is 29.0 Å². The molecule has 2 fully saturated rings. The molecule has 4 aliphatic rings. The molecule has 12 nitrogen and oxygen atoms in total. The molecule has 2 saturated heterocycles. The fourth-order valence-corrected chi connectivity index (χ4v) is 8.28. The van der Waals surface area contributed by atoms with Crippen molar-refractivity contribution in [1.82, 2.24) is 30.2 Å². The van der Waals surface area contributed by atoms with Crippen LogP contribution in [0.3, 0.4) is 0 Å². The molecule has 4 aromatic carbocycles. The molecule has 4 heterocycles. The summed E-state index contributed by atoms with van der Waals surface area (Å²) in [4.78, 5) is 66.3. The minimum Gasteiger partial charge on any atom is -0.368 e. The lowest BCUT2D eigenvalue weighted by atomic mass is 9.92. The first-order valence-corrected chi connectivity index (χ1v) is 21.9. The molecule has 0 aliphatic carbocycles. The van der Waals surface area contributed by atoms with E-state index >= 15 is 0 Å². The molecule has 4 amide bonds. The summed E-state index contributed by atoms with van der Waals surface area (Å²) in [7, 11) is 4.25. The Bertz CT molecular complexity index is 1930. The number of carbonyl (C=O) groups is 4. The number of unbranched alkanes of at least 4 members (excludes halogenated alkanes) is 1. The van der Waals surface area contributed by atoms with Crippen LogP contribution in [0.5, 0.6) is 0 Å². The lowest BCUT2D eigenvalue weighted by molar-refractivity contribution is 0.0597. The van der Waals surface area contributed by atoms with Crippen molar-refractivity contribution in [2.75, 3.05) is 116 Å². The van der Waals surface area contributed by atoms with Crippen LogP contribution in [0.25, 0.3) is 21.5 Å². The van der Waals surface area contributed by atoms with Gasteiger partial charge in [-0.1, -0.05) is 64.8 Å². The molecule has 0 atom stereocenters. The van der Waals surface area contributed by atoms with Gasteiger partial charge in [0.05, 0.1) is 0 Å². The van der Waals surface area contributed by atoms with E-state index in [0.717, 1.165) is 91.7 Å². The molecule has 0 bridgehead atoms. The van der Waals surface area contributed by atoms with Crippen LogP contribution in [-0.2, 0) is 0 Å². The molecule has 12 heteroatoms. The average Bonchev–Trinajstić information content (AvgIpc) is 3.27. The number of nitrogens with one attached hydrogen (secondary N) is 2. The third-order valence-corrected chi connectivity index (χ3v) is 11.9. The van der Waals surface area contributed by atoms with Crippen molar-refractivity contribution in [3.8, 4) is 0 Å². The maximum Gasteiger partial charge on any atom is 0.261 e. The van der Waals surface area contributed by atoms with Gasteiger partial charge in [-0.25, -0.2) is 0 Å². The standard InChI is InChI=1S/C41H48N8O4.C4H10.C2H6/c1-44-20-24-46(25-21-44)34-12-10-32-36-28(34)6-3-8-30(36)38(50)48(40(32)52)18-16-42-14-5-15-43-17-19-49-39(51)31-9-4-7-29-35(47-26-22-45(2)23-27-47)13-11-33(37(29)31)41(49)53;1-3-4-2;1-2/h3-4,6-13,42-43H,5,14-27H2,1-2H3;3-4H2,1-2H3;1-2H3. The fraction of sp³-hybridized carbons (Fsp3) is 0.489. The number of benzene rings is 4. The van der Waals surface area contributed by atoms with Crippen molar-refractivity contribution >= 4 is 56.5 Å². The molecule has 4 aromatic rings. The van der Waals surface area contributed by atoms with E-state index in [1.54, 1.807) is 0 Å². The van der Waals surface area contributed by atoms with Crippen LogP contribution in [-0.4, -0.2) is 149 Å². The van der Waals surface area contributed by atoms with E-state index in [9.17, 15) is 19.2 Å². The third kappa shape index (κ3) is 9.31. The molecular formula is C47H64N8O4. The molecule has 4 aliphatic heterocycles. The van der Waals surface area contributed by atoms with Crippen LogP contribution in [0, 0.1) is 0 Å². The van der Waals surface area contributed by atoms with Crippen molar-refractivity contribution in [1.29, 1.82) is 0 Å². The molecule has 0 spiro atoms. The lowest BCUT2D eigenvalue weighted by Crippen LogP contribution is -2.45. The Labute approximate surface area is 350 Å². The number of hydrogen-bond acceptors (Lipinski definition) is 10. The Morgan fingerprint density at radius 2 is 0.831 bits per heavy atom. The van der Waals surface area contributed by atoms with Gasteiger partial charge in [0.2, 0.25) is 0 Å². The van der Waals surface area contributed by atoms with Gasteiger partial charge in [-0.2, -0.15) is 0 Å². The third-order valence-electron chi connectivity index (χ3n) is 11.9. The number of anilines is 2. The lowest BCUT2D eigenvalue weighted by Gasteiger charge is -2.35.